The Kier molecular flexibility index (Phi) is 5.14. The van der Waals surface area contributed by atoms with Crippen LogP contribution in [0.3, 0.4) is 0 Å². The van der Waals surface area contributed by atoms with Gasteiger partial charge in [0.2, 0.25) is 0 Å². The number of hydrogen-bond acceptors (Lipinski definition) is 3. The van der Waals surface area contributed by atoms with Gasteiger partial charge >= 0.3 is 5.97 Å². The lowest BCUT2D eigenvalue weighted by atomic mass is 10.1. The monoisotopic (exact) mass is 340 g/mol. The maximum atomic E-state index is 13.1. The van der Waals surface area contributed by atoms with Gasteiger partial charge < -0.3 is 15.0 Å². The lowest BCUT2D eigenvalue weighted by Gasteiger charge is -2.16. The molecule has 130 valence electrons. The molecular weight excluding hydrogens is 319 g/mol. The normalized spacial score (nSPS) is 12.3. The topological polar surface area (TPSA) is 54.1 Å². The van der Waals surface area contributed by atoms with Crippen LogP contribution >= 0.6 is 0 Å². The summed E-state index contributed by atoms with van der Waals surface area (Å²) in [4.78, 5) is 15.3. The average Bonchev–Trinajstić information content (AvgIpc) is 3.01. The number of carbonyl (C=O) groups excluding carboxylic acids is 1. The first kappa shape index (κ1) is 17.2. The molecule has 0 aliphatic rings. The summed E-state index contributed by atoms with van der Waals surface area (Å²) in [5.74, 6) is -0.720. The maximum Gasteiger partial charge on any atom is 0.327 e. The van der Waals surface area contributed by atoms with Gasteiger partial charge in [0.25, 0.3) is 0 Å². The van der Waals surface area contributed by atoms with Gasteiger partial charge in [-0.1, -0.05) is 24.3 Å². The van der Waals surface area contributed by atoms with Crippen LogP contribution < -0.4 is 5.32 Å². The van der Waals surface area contributed by atoms with Crippen molar-refractivity contribution in [3.05, 3.63) is 71.2 Å². The Morgan fingerprint density at radius 2 is 2.00 bits per heavy atom. The molecule has 25 heavy (non-hydrogen) atoms. The quantitative estimate of drug-likeness (QED) is 0.673. The van der Waals surface area contributed by atoms with Gasteiger partial charge in [0.1, 0.15) is 11.9 Å². The van der Waals surface area contributed by atoms with Gasteiger partial charge in [-0.2, -0.15) is 0 Å². The summed E-state index contributed by atoms with van der Waals surface area (Å²) in [5, 5.41) is 4.39. The largest absolute Gasteiger partial charge is 0.468 e. The summed E-state index contributed by atoms with van der Waals surface area (Å²) >= 11 is 0. The van der Waals surface area contributed by atoms with E-state index in [1.807, 2.05) is 6.20 Å². The predicted molar refractivity (Wildman–Crippen MR) is 95.9 cm³/mol. The fourth-order valence-corrected chi connectivity index (χ4v) is 2.97. The summed E-state index contributed by atoms with van der Waals surface area (Å²) in [5.41, 5.74) is 4.19. The van der Waals surface area contributed by atoms with Crippen LogP contribution in [0.2, 0.25) is 0 Å². The van der Waals surface area contributed by atoms with E-state index < -0.39 is 6.04 Å². The minimum Gasteiger partial charge on any atom is -0.468 e. The van der Waals surface area contributed by atoms with Crippen LogP contribution in [-0.2, 0) is 16.0 Å². The molecule has 0 amide bonds. The number of aromatic amines is 1. The molecule has 0 aliphatic carbocycles. The van der Waals surface area contributed by atoms with E-state index in [0.29, 0.717) is 12.1 Å². The summed E-state index contributed by atoms with van der Waals surface area (Å²) in [6.07, 6.45) is 2.76. The Bertz CT molecular complexity index is 871. The van der Waals surface area contributed by atoms with Gasteiger partial charge in [-0.15, -0.1) is 0 Å². The molecule has 2 aromatic carbocycles. The molecule has 5 heteroatoms. The van der Waals surface area contributed by atoms with Crippen molar-refractivity contribution in [3.63, 3.8) is 0 Å². The minimum atomic E-state index is -0.613. The van der Waals surface area contributed by atoms with E-state index in [0.717, 1.165) is 11.9 Å². The number of carbonyl (C=O) groups is 1. The van der Waals surface area contributed by atoms with E-state index in [2.05, 4.69) is 35.4 Å². The number of hydrogen-bond donors (Lipinski definition) is 2. The highest BCUT2D eigenvalue weighted by Gasteiger charge is 2.20. The van der Waals surface area contributed by atoms with Crippen LogP contribution in [0.5, 0.6) is 0 Å². The van der Waals surface area contributed by atoms with Crippen molar-refractivity contribution < 1.29 is 13.9 Å². The van der Waals surface area contributed by atoms with Crippen molar-refractivity contribution in [1.29, 1.82) is 0 Å². The average molecular weight is 340 g/mol. The van der Waals surface area contributed by atoms with Crippen molar-refractivity contribution in [2.45, 2.75) is 19.4 Å². The summed E-state index contributed by atoms with van der Waals surface area (Å²) in [7, 11) is 1.35. The molecule has 0 radical (unpaired) electrons. The van der Waals surface area contributed by atoms with Crippen molar-refractivity contribution in [2.24, 2.45) is 0 Å². The molecule has 2 N–H and O–H groups in total. The molecule has 1 aromatic heterocycles. The molecule has 4 nitrogen and oxygen atoms in total. The van der Waals surface area contributed by atoms with Gasteiger partial charge in [0, 0.05) is 23.6 Å². The van der Waals surface area contributed by atoms with Crippen molar-refractivity contribution in [2.75, 3.05) is 13.7 Å². The van der Waals surface area contributed by atoms with Crippen LogP contribution in [-0.4, -0.2) is 24.6 Å². The van der Waals surface area contributed by atoms with Gasteiger partial charge in [0.05, 0.1) is 7.11 Å². The lowest BCUT2D eigenvalue weighted by molar-refractivity contribution is -0.143. The molecule has 3 aromatic rings. The SMILES string of the molecule is COC(=O)C(NCCc1c[nH]c2cc(C)ccc12)c1ccc(F)cc1. The second kappa shape index (κ2) is 7.49. The highest BCUT2D eigenvalue weighted by Crippen LogP contribution is 2.20. The highest BCUT2D eigenvalue weighted by atomic mass is 19.1. The number of nitrogens with one attached hydrogen (secondary N) is 2. The number of fused-ring (bicyclic) bond motifs is 1. The number of aryl methyl sites for hydroxylation is 1. The van der Waals surface area contributed by atoms with E-state index in [9.17, 15) is 9.18 Å². The van der Waals surface area contributed by atoms with Crippen LogP contribution in [0.1, 0.15) is 22.7 Å². The number of H-pyrrole nitrogens is 1. The van der Waals surface area contributed by atoms with Crippen LogP contribution in [0.25, 0.3) is 10.9 Å². The van der Waals surface area contributed by atoms with Gasteiger partial charge in [-0.3, -0.25) is 0 Å². The van der Waals surface area contributed by atoms with E-state index in [1.54, 1.807) is 12.1 Å². The number of methoxy groups -OCH3 is 1. The standard InChI is InChI=1S/C20H21FN2O2/c1-13-3-8-17-15(12-23-18(17)11-13)9-10-22-19(20(24)25-2)14-4-6-16(21)7-5-14/h3-8,11-12,19,22-23H,9-10H2,1-2H3. The maximum absolute atomic E-state index is 13.1. The van der Waals surface area contributed by atoms with E-state index in [1.165, 1.54) is 35.8 Å². The second-order valence-corrected chi connectivity index (χ2v) is 6.07. The lowest BCUT2D eigenvalue weighted by Crippen LogP contribution is -2.31. The first-order chi connectivity index (χ1) is 12.1. The van der Waals surface area contributed by atoms with Crippen LogP contribution in [0, 0.1) is 12.7 Å². The fraction of sp³-hybridized carbons (Fsp3) is 0.250. The Labute approximate surface area is 146 Å². The first-order valence-corrected chi connectivity index (χ1v) is 8.22. The molecule has 0 spiro atoms. The predicted octanol–water partition coefficient (Wildman–Crippen LogP) is 3.66. The number of ether oxygens (including phenoxy) is 1. The van der Waals surface area contributed by atoms with Crippen molar-refractivity contribution in [3.8, 4) is 0 Å². The van der Waals surface area contributed by atoms with Crippen LogP contribution in [0.15, 0.2) is 48.7 Å². The molecule has 0 aliphatic heterocycles. The Morgan fingerprint density at radius 3 is 2.72 bits per heavy atom. The zero-order valence-corrected chi connectivity index (χ0v) is 14.3. The Hall–Kier alpha value is -2.66. The second-order valence-electron chi connectivity index (χ2n) is 6.07. The summed E-state index contributed by atoms with van der Waals surface area (Å²) in [6.45, 7) is 2.66. The van der Waals surface area contributed by atoms with E-state index in [4.69, 9.17) is 4.74 Å². The zero-order valence-electron chi connectivity index (χ0n) is 14.3. The number of aromatic nitrogens is 1. The first-order valence-electron chi connectivity index (χ1n) is 8.22. The number of esters is 1. The third-order valence-corrected chi connectivity index (χ3v) is 4.31. The minimum absolute atomic E-state index is 0.332. The molecule has 1 atom stereocenters. The molecule has 0 bridgehead atoms. The van der Waals surface area contributed by atoms with Crippen molar-refractivity contribution in [1.82, 2.24) is 10.3 Å². The number of halogens is 1. The highest BCUT2D eigenvalue weighted by molar-refractivity contribution is 5.83. The van der Waals surface area contributed by atoms with E-state index >= 15 is 0 Å². The number of benzene rings is 2. The third-order valence-electron chi connectivity index (χ3n) is 4.31. The van der Waals surface area contributed by atoms with Crippen molar-refractivity contribution >= 4 is 16.9 Å². The van der Waals surface area contributed by atoms with Gasteiger partial charge in [0.15, 0.2) is 0 Å². The third kappa shape index (κ3) is 3.88. The molecule has 0 fully saturated rings. The van der Waals surface area contributed by atoms with Gasteiger partial charge in [-0.25, -0.2) is 9.18 Å². The zero-order chi connectivity index (χ0) is 17.8. The van der Waals surface area contributed by atoms with Gasteiger partial charge in [-0.05, 0) is 48.2 Å². The molecule has 0 saturated heterocycles. The molecule has 0 saturated carbocycles. The molecule has 1 unspecified atom stereocenters. The van der Waals surface area contributed by atoms with E-state index in [-0.39, 0.29) is 11.8 Å². The molecule has 1 heterocycles. The Balaban J connectivity index is 1.70. The summed E-state index contributed by atoms with van der Waals surface area (Å²) < 4.78 is 18.0. The molecule has 3 rings (SSSR count). The fourth-order valence-electron chi connectivity index (χ4n) is 2.97. The summed E-state index contributed by atoms with van der Waals surface area (Å²) in [6, 6.07) is 11.6. The Morgan fingerprint density at radius 1 is 1.24 bits per heavy atom. The van der Waals surface area contributed by atoms with Crippen LogP contribution in [0.4, 0.5) is 4.39 Å². The molecular formula is C20H21FN2O2. The smallest absolute Gasteiger partial charge is 0.327 e. The number of rotatable bonds is 6.